The van der Waals surface area contributed by atoms with Crippen molar-refractivity contribution in [3.63, 3.8) is 0 Å². The zero-order valence-corrected chi connectivity index (χ0v) is 18.6. The number of anilines is 2. The van der Waals surface area contributed by atoms with E-state index in [1.54, 1.807) is 12.3 Å². The Morgan fingerprint density at radius 3 is 2.45 bits per heavy atom. The van der Waals surface area contributed by atoms with Gasteiger partial charge in [0.1, 0.15) is 12.4 Å². The quantitative estimate of drug-likeness (QED) is 0.439. The van der Waals surface area contributed by atoms with Crippen LogP contribution in [0.1, 0.15) is 32.2 Å². The van der Waals surface area contributed by atoms with Gasteiger partial charge in [0.25, 0.3) is 5.78 Å². The summed E-state index contributed by atoms with van der Waals surface area (Å²) < 4.78 is 8.00. The molecule has 0 aliphatic rings. The molecule has 0 atom stereocenters. The van der Waals surface area contributed by atoms with Crippen molar-refractivity contribution in [1.82, 2.24) is 29.3 Å². The number of hydrogen-bond donors (Lipinski definition) is 1. The van der Waals surface area contributed by atoms with Crippen LogP contribution in [0.2, 0.25) is 0 Å². The highest BCUT2D eigenvalue weighted by Gasteiger charge is 2.16. The number of fused-ring (bicyclic) bond motifs is 1. The third kappa shape index (κ3) is 4.25. The molecule has 5 aromatic rings. The van der Waals surface area contributed by atoms with Gasteiger partial charge in [-0.1, -0.05) is 68.4 Å². The molecule has 33 heavy (non-hydrogen) atoms. The minimum atomic E-state index is -0.335. The summed E-state index contributed by atoms with van der Waals surface area (Å²) in [7, 11) is 0. The van der Waals surface area contributed by atoms with Gasteiger partial charge in [-0.3, -0.25) is 0 Å². The van der Waals surface area contributed by atoms with Crippen molar-refractivity contribution in [2.24, 2.45) is 0 Å². The van der Waals surface area contributed by atoms with Crippen LogP contribution in [0, 0.1) is 0 Å². The van der Waals surface area contributed by atoms with E-state index in [1.165, 1.54) is 14.6 Å². The summed E-state index contributed by atoms with van der Waals surface area (Å²) in [6.07, 6.45) is 1.63. The molecule has 0 saturated heterocycles. The van der Waals surface area contributed by atoms with Gasteiger partial charge >= 0.3 is 5.69 Å². The molecule has 0 spiro atoms. The van der Waals surface area contributed by atoms with Gasteiger partial charge in [0.15, 0.2) is 0 Å². The Bertz CT molecular complexity index is 1460. The van der Waals surface area contributed by atoms with Crippen molar-refractivity contribution in [1.29, 1.82) is 0 Å². The van der Waals surface area contributed by atoms with Crippen LogP contribution in [0.3, 0.4) is 0 Å². The van der Waals surface area contributed by atoms with Crippen LogP contribution >= 0.6 is 0 Å². The fourth-order valence-electron chi connectivity index (χ4n) is 3.43. The highest BCUT2D eigenvalue weighted by Crippen LogP contribution is 2.25. The molecule has 0 radical (unpaired) electrons. The highest BCUT2D eigenvalue weighted by molar-refractivity contribution is 5.57. The van der Waals surface area contributed by atoms with Gasteiger partial charge in [0.05, 0.1) is 0 Å². The Morgan fingerprint density at radius 2 is 1.73 bits per heavy atom. The average molecular weight is 441 g/mol. The minimum absolute atomic E-state index is 0.0523. The van der Waals surface area contributed by atoms with Crippen molar-refractivity contribution >= 4 is 17.3 Å². The molecular formula is C24H23N7O2. The van der Waals surface area contributed by atoms with E-state index in [-0.39, 0.29) is 29.3 Å². The number of benzene rings is 2. The van der Waals surface area contributed by atoms with E-state index in [1.807, 2.05) is 42.5 Å². The first-order chi connectivity index (χ1) is 15.9. The van der Waals surface area contributed by atoms with Crippen molar-refractivity contribution < 1.29 is 4.52 Å². The van der Waals surface area contributed by atoms with Gasteiger partial charge < -0.3 is 9.84 Å². The number of para-hydroxylation sites is 1. The molecule has 166 valence electrons. The van der Waals surface area contributed by atoms with E-state index in [4.69, 9.17) is 4.52 Å². The lowest BCUT2D eigenvalue weighted by atomic mass is 9.87. The third-order valence-electron chi connectivity index (χ3n) is 5.26. The second-order valence-corrected chi connectivity index (χ2v) is 8.75. The van der Waals surface area contributed by atoms with Crippen LogP contribution in [0.4, 0.5) is 11.5 Å². The first kappa shape index (κ1) is 20.6. The van der Waals surface area contributed by atoms with E-state index in [2.05, 4.69) is 58.4 Å². The van der Waals surface area contributed by atoms with Crippen molar-refractivity contribution in [2.45, 2.75) is 32.7 Å². The lowest BCUT2D eigenvalue weighted by molar-refractivity contribution is 0.364. The predicted octanol–water partition coefficient (Wildman–Crippen LogP) is 4.03. The van der Waals surface area contributed by atoms with E-state index in [9.17, 15) is 4.79 Å². The van der Waals surface area contributed by atoms with Crippen LogP contribution in [0.5, 0.6) is 0 Å². The SMILES string of the molecule is CC(C)(C)c1ccc(-c2noc(Cn3nc4nc(Nc5ccccc5)ccn4c3=O)n2)cc1. The molecule has 0 aliphatic carbocycles. The van der Waals surface area contributed by atoms with Gasteiger partial charge in [-0.25, -0.2) is 13.9 Å². The third-order valence-corrected chi connectivity index (χ3v) is 5.26. The Labute approximate surface area is 189 Å². The van der Waals surface area contributed by atoms with Crippen LogP contribution in [0.15, 0.2) is 76.2 Å². The van der Waals surface area contributed by atoms with Crippen LogP contribution in [0.25, 0.3) is 17.2 Å². The van der Waals surface area contributed by atoms with E-state index in [0.29, 0.717) is 11.6 Å². The molecular weight excluding hydrogens is 418 g/mol. The van der Waals surface area contributed by atoms with Crippen molar-refractivity contribution in [3.05, 3.63) is 88.8 Å². The standard InChI is InChI=1S/C24H23N7O2/c1-24(2,3)17-11-9-16(10-12-17)21-27-20(33-29-21)15-31-23(32)30-14-13-19(26-22(30)28-31)25-18-7-5-4-6-8-18/h4-14H,15H2,1-3H3,(H,25,26,28). The van der Waals surface area contributed by atoms with Gasteiger partial charge in [-0.05, 0) is 29.2 Å². The number of aromatic nitrogens is 6. The largest absolute Gasteiger partial charge is 0.352 e. The zero-order chi connectivity index (χ0) is 23.0. The molecule has 0 amide bonds. The monoisotopic (exact) mass is 441 g/mol. The molecule has 3 aromatic heterocycles. The van der Waals surface area contributed by atoms with Crippen molar-refractivity contribution in [3.8, 4) is 11.4 Å². The first-order valence-corrected chi connectivity index (χ1v) is 10.6. The van der Waals surface area contributed by atoms with E-state index < -0.39 is 0 Å². The Kier molecular flexibility index (Phi) is 5.01. The Morgan fingerprint density at radius 1 is 0.970 bits per heavy atom. The molecule has 0 bridgehead atoms. The lowest BCUT2D eigenvalue weighted by Crippen LogP contribution is -2.21. The predicted molar refractivity (Wildman–Crippen MR) is 125 cm³/mol. The summed E-state index contributed by atoms with van der Waals surface area (Å²) in [5.41, 5.74) is 2.69. The van der Waals surface area contributed by atoms with Gasteiger partial charge in [0.2, 0.25) is 11.7 Å². The molecule has 0 fully saturated rings. The maximum absolute atomic E-state index is 12.7. The topological polar surface area (TPSA) is 103 Å². The van der Waals surface area contributed by atoms with Crippen LogP contribution in [-0.4, -0.2) is 29.3 Å². The molecule has 1 N–H and O–H groups in total. The fourth-order valence-corrected chi connectivity index (χ4v) is 3.43. The van der Waals surface area contributed by atoms with Crippen LogP contribution < -0.4 is 11.0 Å². The van der Waals surface area contributed by atoms with Gasteiger partial charge in [-0.2, -0.15) is 9.97 Å². The minimum Gasteiger partial charge on any atom is -0.340 e. The molecule has 2 aromatic carbocycles. The number of nitrogens with zero attached hydrogens (tertiary/aromatic N) is 6. The highest BCUT2D eigenvalue weighted by atomic mass is 16.5. The molecule has 0 saturated carbocycles. The molecule has 0 aliphatic heterocycles. The van der Waals surface area contributed by atoms with Gasteiger partial charge in [-0.15, -0.1) is 5.10 Å². The van der Waals surface area contributed by atoms with E-state index in [0.717, 1.165) is 11.3 Å². The lowest BCUT2D eigenvalue weighted by Gasteiger charge is -2.18. The smallest absolute Gasteiger partial charge is 0.340 e. The molecule has 9 nitrogen and oxygen atoms in total. The Balaban J connectivity index is 1.37. The summed E-state index contributed by atoms with van der Waals surface area (Å²) in [5, 5.41) is 11.6. The summed E-state index contributed by atoms with van der Waals surface area (Å²) in [6, 6.07) is 19.4. The summed E-state index contributed by atoms with van der Waals surface area (Å²) in [4.78, 5) is 21.6. The van der Waals surface area contributed by atoms with Crippen LogP contribution in [-0.2, 0) is 12.0 Å². The van der Waals surface area contributed by atoms with E-state index >= 15 is 0 Å². The maximum Gasteiger partial charge on any atom is 0.352 e. The number of nitrogens with one attached hydrogen (secondary N) is 1. The first-order valence-electron chi connectivity index (χ1n) is 10.6. The second-order valence-electron chi connectivity index (χ2n) is 8.75. The second kappa shape index (κ2) is 8.01. The average Bonchev–Trinajstić information content (AvgIpc) is 3.39. The number of hydrogen-bond acceptors (Lipinski definition) is 7. The van der Waals surface area contributed by atoms with Crippen molar-refractivity contribution in [2.75, 3.05) is 5.32 Å². The summed E-state index contributed by atoms with van der Waals surface area (Å²) in [6.45, 7) is 6.54. The molecule has 0 unspecified atom stereocenters. The summed E-state index contributed by atoms with van der Waals surface area (Å²) >= 11 is 0. The molecule has 5 rings (SSSR count). The number of rotatable bonds is 5. The fraction of sp³-hybridized carbons (Fsp3) is 0.208. The normalized spacial score (nSPS) is 11.7. The zero-order valence-electron chi connectivity index (χ0n) is 18.6. The van der Waals surface area contributed by atoms with Gasteiger partial charge in [0, 0.05) is 17.4 Å². The molecule has 9 heteroatoms. The maximum atomic E-state index is 12.7. The summed E-state index contributed by atoms with van der Waals surface area (Å²) in [5.74, 6) is 1.62. The molecule has 3 heterocycles. The Hall–Kier alpha value is -4.27.